The lowest BCUT2D eigenvalue weighted by atomic mass is 10.1. The number of nitrogens with zero attached hydrogens (tertiary/aromatic N) is 1. The van der Waals surface area contributed by atoms with Crippen LogP contribution in [-0.2, 0) is 14.6 Å². The number of aliphatic imine (C=N–C) groups is 1. The summed E-state index contributed by atoms with van der Waals surface area (Å²) in [6, 6.07) is 5.26. The van der Waals surface area contributed by atoms with E-state index < -0.39 is 15.7 Å². The Labute approximate surface area is 154 Å². The van der Waals surface area contributed by atoms with Crippen molar-refractivity contribution in [2.24, 2.45) is 4.99 Å². The van der Waals surface area contributed by atoms with Gasteiger partial charge in [0.2, 0.25) is 5.91 Å². The number of carbonyl (C=O) groups excluding carboxylic acids is 1. The predicted octanol–water partition coefficient (Wildman–Crippen LogP) is 1.07. The van der Waals surface area contributed by atoms with Gasteiger partial charge in [-0.15, -0.1) is 0 Å². The first-order valence-electron chi connectivity index (χ1n) is 8.35. The SMILES string of the molecule is CCNC(=NCC(=O)NC(C)(C)C)NCCS(=O)(=O)c1ccccc1F. The van der Waals surface area contributed by atoms with Gasteiger partial charge in [0.1, 0.15) is 17.3 Å². The van der Waals surface area contributed by atoms with Crippen LogP contribution in [0.15, 0.2) is 34.2 Å². The topological polar surface area (TPSA) is 99.7 Å². The maximum Gasteiger partial charge on any atom is 0.242 e. The zero-order valence-electron chi connectivity index (χ0n) is 15.6. The van der Waals surface area contributed by atoms with Gasteiger partial charge in [-0.2, -0.15) is 0 Å². The van der Waals surface area contributed by atoms with Gasteiger partial charge >= 0.3 is 0 Å². The van der Waals surface area contributed by atoms with E-state index in [9.17, 15) is 17.6 Å². The monoisotopic (exact) mass is 386 g/mol. The average molecular weight is 386 g/mol. The molecular weight excluding hydrogens is 359 g/mol. The number of sulfone groups is 1. The zero-order valence-corrected chi connectivity index (χ0v) is 16.4. The van der Waals surface area contributed by atoms with Crippen LogP contribution in [-0.4, -0.2) is 51.2 Å². The fourth-order valence-electron chi connectivity index (χ4n) is 2.06. The van der Waals surface area contributed by atoms with Gasteiger partial charge < -0.3 is 16.0 Å². The number of benzene rings is 1. The second kappa shape index (κ2) is 9.51. The maximum atomic E-state index is 13.7. The highest BCUT2D eigenvalue weighted by Crippen LogP contribution is 2.14. The second-order valence-electron chi connectivity index (χ2n) is 6.67. The molecule has 0 aliphatic heterocycles. The predicted molar refractivity (Wildman–Crippen MR) is 100 cm³/mol. The summed E-state index contributed by atoms with van der Waals surface area (Å²) in [6.45, 7) is 7.94. The molecule has 0 atom stereocenters. The van der Waals surface area contributed by atoms with Crippen molar-refractivity contribution in [3.05, 3.63) is 30.1 Å². The molecule has 0 radical (unpaired) electrons. The summed E-state index contributed by atoms with van der Waals surface area (Å²) in [6.07, 6.45) is 0. The molecule has 1 aromatic carbocycles. The van der Waals surface area contributed by atoms with Crippen LogP contribution in [0.2, 0.25) is 0 Å². The number of hydrogen-bond donors (Lipinski definition) is 3. The Morgan fingerprint density at radius 3 is 2.42 bits per heavy atom. The molecule has 0 aliphatic rings. The smallest absolute Gasteiger partial charge is 0.242 e. The fourth-order valence-corrected chi connectivity index (χ4v) is 3.30. The number of hydrogen-bond acceptors (Lipinski definition) is 4. The highest BCUT2D eigenvalue weighted by molar-refractivity contribution is 7.91. The van der Waals surface area contributed by atoms with E-state index >= 15 is 0 Å². The molecule has 1 aromatic rings. The van der Waals surface area contributed by atoms with Gasteiger partial charge in [-0.1, -0.05) is 12.1 Å². The summed E-state index contributed by atoms with van der Waals surface area (Å²) in [7, 11) is -3.76. The summed E-state index contributed by atoms with van der Waals surface area (Å²) in [5, 5.41) is 8.56. The lowest BCUT2D eigenvalue weighted by molar-refractivity contribution is -0.121. The van der Waals surface area contributed by atoms with E-state index in [1.165, 1.54) is 18.2 Å². The van der Waals surface area contributed by atoms with Crippen LogP contribution in [0.4, 0.5) is 4.39 Å². The summed E-state index contributed by atoms with van der Waals surface area (Å²) in [5.41, 5.74) is -0.355. The molecule has 3 N–H and O–H groups in total. The van der Waals surface area contributed by atoms with Crippen LogP contribution in [0.25, 0.3) is 0 Å². The third-order valence-electron chi connectivity index (χ3n) is 3.07. The Bertz CT molecular complexity index is 743. The Kier molecular flexibility index (Phi) is 8.01. The molecular formula is C17H27FN4O3S. The Morgan fingerprint density at radius 1 is 1.19 bits per heavy atom. The molecule has 146 valence electrons. The van der Waals surface area contributed by atoms with Crippen molar-refractivity contribution in [3.63, 3.8) is 0 Å². The summed E-state index contributed by atoms with van der Waals surface area (Å²) in [4.78, 5) is 15.6. The normalized spacial score (nSPS) is 12.6. The standard InChI is InChI=1S/C17H27FN4O3S/c1-5-19-16(21-12-15(23)22-17(2,3)4)20-10-11-26(24,25)14-9-7-6-8-13(14)18/h6-9H,5,10-12H2,1-4H3,(H,22,23)(H2,19,20,21). The molecule has 0 heterocycles. The van der Waals surface area contributed by atoms with Crippen molar-refractivity contribution in [3.8, 4) is 0 Å². The number of guanidine groups is 1. The van der Waals surface area contributed by atoms with Crippen LogP contribution in [0, 0.1) is 5.82 Å². The van der Waals surface area contributed by atoms with Gasteiger partial charge in [-0.3, -0.25) is 4.79 Å². The number of nitrogens with one attached hydrogen (secondary N) is 3. The summed E-state index contributed by atoms with van der Waals surface area (Å²) < 4.78 is 38.1. The third-order valence-corrected chi connectivity index (χ3v) is 4.82. The first-order valence-corrected chi connectivity index (χ1v) is 10.0. The lowest BCUT2D eigenvalue weighted by Gasteiger charge is -2.20. The van der Waals surface area contributed by atoms with Crippen molar-refractivity contribution in [2.75, 3.05) is 25.4 Å². The average Bonchev–Trinajstić information content (AvgIpc) is 2.51. The summed E-state index contributed by atoms with van der Waals surface area (Å²) in [5.74, 6) is -0.993. The van der Waals surface area contributed by atoms with E-state index in [1.807, 2.05) is 27.7 Å². The van der Waals surface area contributed by atoms with E-state index in [0.29, 0.717) is 12.5 Å². The largest absolute Gasteiger partial charge is 0.357 e. The van der Waals surface area contributed by atoms with Gasteiger partial charge in [0.25, 0.3) is 0 Å². The summed E-state index contributed by atoms with van der Waals surface area (Å²) >= 11 is 0. The highest BCUT2D eigenvalue weighted by atomic mass is 32.2. The molecule has 0 bridgehead atoms. The Morgan fingerprint density at radius 2 is 1.85 bits per heavy atom. The minimum Gasteiger partial charge on any atom is -0.357 e. The Balaban J connectivity index is 2.64. The molecule has 0 aliphatic carbocycles. The lowest BCUT2D eigenvalue weighted by Crippen LogP contribution is -2.43. The molecule has 0 fully saturated rings. The van der Waals surface area contributed by atoms with E-state index in [0.717, 1.165) is 6.07 Å². The molecule has 0 spiro atoms. The van der Waals surface area contributed by atoms with Crippen molar-refractivity contribution in [1.82, 2.24) is 16.0 Å². The zero-order chi connectivity index (χ0) is 19.8. The van der Waals surface area contributed by atoms with Crippen LogP contribution < -0.4 is 16.0 Å². The molecule has 26 heavy (non-hydrogen) atoms. The highest BCUT2D eigenvalue weighted by Gasteiger charge is 2.18. The maximum absolute atomic E-state index is 13.7. The number of halogens is 1. The minimum absolute atomic E-state index is 0.0311. The Hall–Kier alpha value is -2.16. The molecule has 9 heteroatoms. The molecule has 0 aromatic heterocycles. The molecule has 0 unspecified atom stereocenters. The molecule has 1 amide bonds. The van der Waals surface area contributed by atoms with Crippen LogP contribution >= 0.6 is 0 Å². The quantitative estimate of drug-likeness (QED) is 0.481. The van der Waals surface area contributed by atoms with Crippen LogP contribution in [0.5, 0.6) is 0 Å². The minimum atomic E-state index is -3.76. The second-order valence-corrected chi connectivity index (χ2v) is 8.75. The van der Waals surface area contributed by atoms with Gasteiger partial charge in [0.05, 0.1) is 5.75 Å². The van der Waals surface area contributed by atoms with E-state index in [1.54, 1.807) is 0 Å². The first kappa shape index (κ1) is 21.9. The van der Waals surface area contributed by atoms with E-state index in [4.69, 9.17) is 0 Å². The van der Waals surface area contributed by atoms with Crippen LogP contribution in [0.3, 0.4) is 0 Å². The number of rotatable bonds is 7. The van der Waals surface area contributed by atoms with Crippen molar-refractivity contribution in [1.29, 1.82) is 0 Å². The molecule has 0 saturated heterocycles. The molecule has 7 nitrogen and oxygen atoms in total. The number of carbonyl (C=O) groups is 1. The molecule has 1 rings (SSSR count). The van der Waals surface area contributed by atoms with E-state index in [-0.39, 0.29) is 35.2 Å². The van der Waals surface area contributed by atoms with Crippen molar-refractivity contribution >= 4 is 21.7 Å². The molecule has 0 saturated carbocycles. The van der Waals surface area contributed by atoms with Gasteiger partial charge in [-0.05, 0) is 39.8 Å². The van der Waals surface area contributed by atoms with Gasteiger partial charge in [0, 0.05) is 18.6 Å². The first-order chi connectivity index (χ1) is 12.0. The van der Waals surface area contributed by atoms with Gasteiger partial charge in [0.15, 0.2) is 15.8 Å². The third kappa shape index (κ3) is 7.81. The van der Waals surface area contributed by atoms with Crippen molar-refractivity contribution in [2.45, 2.75) is 38.1 Å². The van der Waals surface area contributed by atoms with Crippen molar-refractivity contribution < 1.29 is 17.6 Å². The van der Waals surface area contributed by atoms with Crippen LogP contribution in [0.1, 0.15) is 27.7 Å². The number of amides is 1. The fraction of sp³-hybridized carbons (Fsp3) is 0.529. The van der Waals surface area contributed by atoms with E-state index in [2.05, 4.69) is 20.9 Å². The van der Waals surface area contributed by atoms with Gasteiger partial charge in [-0.25, -0.2) is 17.8 Å².